The van der Waals surface area contributed by atoms with Gasteiger partial charge in [-0.05, 0) is 0 Å². The molecular formula is C10H12N3S+. The lowest BCUT2D eigenvalue weighted by molar-refractivity contribution is -0.589. The maximum absolute atomic E-state index is 4.30. The topological polar surface area (TPSA) is 28.8 Å². The first kappa shape index (κ1) is 9.15. The summed E-state index contributed by atoms with van der Waals surface area (Å²) in [6.07, 6.45) is 0. The molecule has 0 aliphatic heterocycles. The Bertz CT molecular complexity index is 422. The van der Waals surface area contributed by atoms with Crippen molar-refractivity contribution in [1.82, 2.24) is 4.37 Å². The number of hydrogen-bond donors (Lipinski definition) is 1. The van der Waals surface area contributed by atoms with Gasteiger partial charge in [0.25, 0.3) is 11.7 Å². The molecule has 0 aliphatic carbocycles. The monoisotopic (exact) mass is 206 g/mol. The SMILES string of the molecule is CNc1ns[n+](C)c1-c1ccccc1. The van der Waals surface area contributed by atoms with Gasteiger partial charge in [0.1, 0.15) is 0 Å². The fourth-order valence-electron chi connectivity index (χ4n) is 1.41. The second-order valence-corrected chi connectivity index (χ2v) is 3.88. The predicted molar refractivity (Wildman–Crippen MR) is 58.3 cm³/mol. The molecule has 1 aromatic carbocycles. The Morgan fingerprint density at radius 1 is 1.29 bits per heavy atom. The van der Waals surface area contributed by atoms with Gasteiger partial charge in [-0.25, -0.2) is 0 Å². The third-order valence-electron chi connectivity index (χ3n) is 2.08. The molecule has 0 fully saturated rings. The lowest BCUT2D eigenvalue weighted by atomic mass is 10.1. The first-order valence-corrected chi connectivity index (χ1v) is 5.15. The quantitative estimate of drug-likeness (QED) is 0.757. The molecular weight excluding hydrogens is 194 g/mol. The summed E-state index contributed by atoms with van der Waals surface area (Å²) in [7, 11) is 3.91. The van der Waals surface area contributed by atoms with Crippen LogP contribution in [0.4, 0.5) is 5.82 Å². The summed E-state index contributed by atoms with van der Waals surface area (Å²) in [6.45, 7) is 0. The zero-order valence-corrected chi connectivity index (χ0v) is 9.01. The molecule has 72 valence electrons. The Morgan fingerprint density at radius 3 is 2.64 bits per heavy atom. The molecule has 14 heavy (non-hydrogen) atoms. The molecule has 3 nitrogen and oxygen atoms in total. The minimum Gasteiger partial charge on any atom is -0.348 e. The molecule has 0 saturated heterocycles. The van der Waals surface area contributed by atoms with Crippen LogP contribution in [0.2, 0.25) is 0 Å². The number of rotatable bonds is 2. The van der Waals surface area contributed by atoms with E-state index in [1.807, 2.05) is 32.3 Å². The van der Waals surface area contributed by atoms with E-state index in [1.54, 1.807) is 0 Å². The van der Waals surface area contributed by atoms with Gasteiger partial charge in [0.05, 0.1) is 7.05 Å². The summed E-state index contributed by atoms with van der Waals surface area (Å²) < 4.78 is 6.36. The van der Waals surface area contributed by atoms with Crippen LogP contribution in [0.15, 0.2) is 30.3 Å². The molecule has 2 rings (SSSR count). The average molecular weight is 206 g/mol. The third kappa shape index (κ3) is 1.48. The van der Waals surface area contributed by atoms with Gasteiger partial charge in [-0.15, -0.1) is 0 Å². The molecule has 1 N–H and O–H groups in total. The van der Waals surface area contributed by atoms with Crippen LogP contribution in [0.1, 0.15) is 0 Å². The molecule has 1 aromatic heterocycles. The van der Waals surface area contributed by atoms with E-state index in [0.717, 1.165) is 11.5 Å². The Hall–Kier alpha value is -1.42. The first-order chi connectivity index (χ1) is 6.83. The summed E-state index contributed by atoms with van der Waals surface area (Å²) in [5.41, 5.74) is 2.33. The predicted octanol–water partition coefficient (Wildman–Crippen LogP) is 1.68. The summed E-state index contributed by atoms with van der Waals surface area (Å²) in [6, 6.07) is 10.3. The van der Waals surface area contributed by atoms with Crippen molar-refractivity contribution in [1.29, 1.82) is 0 Å². The highest BCUT2D eigenvalue weighted by molar-refractivity contribution is 6.95. The van der Waals surface area contributed by atoms with Gasteiger partial charge in [-0.1, -0.05) is 30.3 Å². The fourth-order valence-corrected chi connectivity index (χ4v) is 2.07. The largest absolute Gasteiger partial charge is 0.348 e. The molecule has 0 atom stereocenters. The molecule has 0 radical (unpaired) electrons. The van der Waals surface area contributed by atoms with Gasteiger partial charge in [0.2, 0.25) is 5.69 Å². The van der Waals surface area contributed by atoms with Crippen molar-refractivity contribution in [3.8, 4) is 11.3 Å². The summed E-state index contributed by atoms with van der Waals surface area (Å²) >= 11 is 1.45. The van der Waals surface area contributed by atoms with Crippen molar-refractivity contribution >= 4 is 17.5 Å². The van der Waals surface area contributed by atoms with Crippen LogP contribution < -0.4 is 9.27 Å². The van der Waals surface area contributed by atoms with Crippen LogP contribution in [-0.2, 0) is 7.05 Å². The summed E-state index contributed by atoms with van der Waals surface area (Å²) in [5.74, 6) is 0.934. The van der Waals surface area contributed by atoms with E-state index < -0.39 is 0 Å². The normalized spacial score (nSPS) is 10.1. The van der Waals surface area contributed by atoms with Gasteiger partial charge in [0.15, 0.2) is 0 Å². The van der Waals surface area contributed by atoms with Crippen molar-refractivity contribution in [3.63, 3.8) is 0 Å². The molecule has 0 spiro atoms. The molecule has 0 amide bonds. The van der Waals surface area contributed by atoms with E-state index in [0.29, 0.717) is 0 Å². The minimum atomic E-state index is 0.934. The zero-order chi connectivity index (χ0) is 9.97. The fraction of sp³-hybridized carbons (Fsp3) is 0.200. The van der Waals surface area contributed by atoms with Gasteiger partial charge in [-0.3, -0.25) is 0 Å². The average Bonchev–Trinajstić information content (AvgIpc) is 2.61. The Kier molecular flexibility index (Phi) is 2.45. The van der Waals surface area contributed by atoms with Crippen LogP contribution >= 0.6 is 11.7 Å². The number of aryl methyl sites for hydroxylation is 1. The van der Waals surface area contributed by atoms with E-state index in [1.165, 1.54) is 17.3 Å². The van der Waals surface area contributed by atoms with E-state index in [-0.39, 0.29) is 0 Å². The Morgan fingerprint density at radius 2 is 2.00 bits per heavy atom. The maximum atomic E-state index is 4.30. The molecule has 0 unspecified atom stereocenters. The molecule has 1 heterocycles. The molecule has 2 aromatic rings. The molecule has 4 heteroatoms. The molecule has 0 saturated carbocycles. The third-order valence-corrected chi connectivity index (χ3v) is 2.77. The first-order valence-electron chi connectivity index (χ1n) is 4.42. The zero-order valence-electron chi connectivity index (χ0n) is 8.19. The number of nitrogens with one attached hydrogen (secondary N) is 1. The number of benzene rings is 1. The smallest absolute Gasteiger partial charge is 0.304 e. The van der Waals surface area contributed by atoms with Crippen molar-refractivity contribution < 1.29 is 3.96 Å². The van der Waals surface area contributed by atoms with E-state index in [4.69, 9.17) is 0 Å². The van der Waals surface area contributed by atoms with Crippen LogP contribution in [0.3, 0.4) is 0 Å². The second kappa shape index (κ2) is 3.75. The lowest BCUT2D eigenvalue weighted by Gasteiger charge is -1.96. The van der Waals surface area contributed by atoms with Crippen molar-refractivity contribution in [3.05, 3.63) is 30.3 Å². The van der Waals surface area contributed by atoms with Gasteiger partial charge >= 0.3 is 5.82 Å². The number of nitrogens with zero attached hydrogens (tertiary/aromatic N) is 2. The van der Waals surface area contributed by atoms with Gasteiger partial charge in [0, 0.05) is 17.0 Å². The Labute approximate surface area is 87.3 Å². The van der Waals surface area contributed by atoms with E-state index >= 15 is 0 Å². The number of hydrogen-bond acceptors (Lipinski definition) is 3. The molecule has 0 bridgehead atoms. The van der Waals surface area contributed by atoms with Crippen LogP contribution in [0.25, 0.3) is 11.3 Å². The van der Waals surface area contributed by atoms with E-state index in [2.05, 4.69) is 25.8 Å². The second-order valence-electron chi connectivity index (χ2n) is 2.98. The maximum Gasteiger partial charge on any atom is 0.304 e. The van der Waals surface area contributed by atoms with Crippen molar-refractivity contribution in [2.24, 2.45) is 7.05 Å². The summed E-state index contributed by atoms with van der Waals surface area (Å²) in [4.78, 5) is 0. The van der Waals surface area contributed by atoms with Crippen LogP contribution in [0.5, 0.6) is 0 Å². The van der Waals surface area contributed by atoms with Crippen molar-refractivity contribution in [2.45, 2.75) is 0 Å². The van der Waals surface area contributed by atoms with Gasteiger partial charge < -0.3 is 5.32 Å². The standard InChI is InChI=1S/C10H12N3S/c1-11-10-9(13(2)14-12-10)8-6-4-3-5-7-8/h3-7H,1-2H3,(H,11,12)/q+1. The van der Waals surface area contributed by atoms with Gasteiger partial charge in [-0.2, -0.15) is 3.96 Å². The molecule has 0 aliphatic rings. The minimum absolute atomic E-state index is 0.934. The van der Waals surface area contributed by atoms with Crippen molar-refractivity contribution in [2.75, 3.05) is 12.4 Å². The lowest BCUT2D eigenvalue weighted by Crippen LogP contribution is -2.24. The van der Waals surface area contributed by atoms with Crippen LogP contribution in [0, 0.1) is 0 Å². The highest BCUT2D eigenvalue weighted by atomic mass is 32.1. The Balaban J connectivity index is 2.55. The van der Waals surface area contributed by atoms with Crippen LogP contribution in [-0.4, -0.2) is 11.4 Å². The number of anilines is 1. The highest BCUT2D eigenvalue weighted by Crippen LogP contribution is 2.22. The van der Waals surface area contributed by atoms with E-state index in [9.17, 15) is 0 Å². The number of aromatic nitrogens is 2. The highest BCUT2D eigenvalue weighted by Gasteiger charge is 2.19. The summed E-state index contributed by atoms with van der Waals surface area (Å²) in [5, 5.41) is 3.09.